The summed E-state index contributed by atoms with van der Waals surface area (Å²) in [6.45, 7) is 0. The number of phenols is 1. The highest BCUT2D eigenvalue weighted by atomic mass is 16.3. The summed E-state index contributed by atoms with van der Waals surface area (Å²) in [5.41, 5.74) is 9.21. The summed E-state index contributed by atoms with van der Waals surface area (Å²) in [6.07, 6.45) is 1.99. The van der Waals surface area contributed by atoms with Crippen molar-refractivity contribution in [2.75, 3.05) is 0 Å². The molecule has 0 atom stereocenters. The molecule has 7 aromatic rings. The van der Waals surface area contributed by atoms with Gasteiger partial charge < -0.3 is 5.11 Å². The lowest BCUT2D eigenvalue weighted by molar-refractivity contribution is 0.477. The maximum atomic E-state index is 10.7. The van der Waals surface area contributed by atoms with E-state index in [0.717, 1.165) is 34.0 Å². The molecule has 194 valence electrons. The first-order valence-electron chi connectivity index (χ1n) is 13.6. The summed E-state index contributed by atoms with van der Waals surface area (Å²) in [6, 6.07) is 45.1. The molecule has 8 rings (SSSR count). The Morgan fingerprint density at radius 1 is 0.585 bits per heavy atom. The normalized spacial score (nSPS) is 13.2. The van der Waals surface area contributed by atoms with Crippen LogP contribution in [0.25, 0.3) is 39.4 Å². The summed E-state index contributed by atoms with van der Waals surface area (Å²) in [7, 11) is 0. The Bertz CT molecular complexity index is 2050. The summed E-state index contributed by atoms with van der Waals surface area (Å²) in [4.78, 5) is 5.28. The third-order valence-corrected chi connectivity index (χ3v) is 8.13. The molecule has 0 amide bonds. The van der Waals surface area contributed by atoms with Crippen molar-refractivity contribution < 1.29 is 5.11 Å². The molecule has 1 aliphatic rings. The highest BCUT2D eigenvalue weighted by molar-refractivity contribution is 5.86. The van der Waals surface area contributed by atoms with Crippen molar-refractivity contribution in [3.05, 3.63) is 162 Å². The number of aromatic nitrogens is 4. The molecule has 3 heterocycles. The van der Waals surface area contributed by atoms with E-state index in [1.54, 1.807) is 6.07 Å². The molecule has 1 aliphatic carbocycles. The zero-order chi connectivity index (χ0) is 27.4. The number of nitrogens with zero attached hydrogens (tertiary/aromatic N) is 4. The number of para-hydroxylation sites is 1. The van der Waals surface area contributed by atoms with E-state index in [9.17, 15) is 5.11 Å². The predicted octanol–water partition coefficient (Wildman–Crippen LogP) is 7.53. The van der Waals surface area contributed by atoms with Crippen molar-refractivity contribution in [2.45, 2.75) is 5.41 Å². The number of pyridine rings is 2. The minimum Gasteiger partial charge on any atom is -0.507 e. The van der Waals surface area contributed by atoms with Crippen LogP contribution in [0.5, 0.6) is 5.75 Å². The number of aromatic hydroxyl groups is 1. The van der Waals surface area contributed by atoms with Crippen LogP contribution in [0.15, 0.2) is 140 Å². The van der Waals surface area contributed by atoms with Gasteiger partial charge >= 0.3 is 0 Å². The number of hydrogen-bond donors (Lipinski definition) is 1. The number of phenolic OH excluding ortho intramolecular Hbond substituents is 1. The van der Waals surface area contributed by atoms with E-state index >= 15 is 0 Å². The van der Waals surface area contributed by atoms with Crippen LogP contribution in [0.2, 0.25) is 0 Å². The highest BCUT2D eigenvalue weighted by Crippen LogP contribution is 2.56. The Hall–Kier alpha value is -5.55. The lowest BCUT2D eigenvalue weighted by Gasteiger charge is -2.33. The molecule has 5 heteroatoms. The minimum absolute atomic E-state index is 0.208. The average Bonchev–Trinajstić information content (AvgIpc) is 3.60. The van der Waals surface area contributed by atoms with Crippen LogP contribution in [-0.2, 0) is 5.41 Å². The Balaban J connectivity index is 1.44. The van der Waals surface area contributed by atoms with Gasteiger partial charge in [-0.2, -0.15) is 0 Å². The van der Waals surface area contributed by atoms with Crippen LogP contribution in [-0.4, -0.2) is 24.7 Å². The molecule has 0 aliphatic heterocycles. The lowest BCUT2D eigenvalue weighted by Crippen LogP contribution is -2.30. The molecule has 0 saturated carbocycles. The third-order valence-electron chi connectivity index (χ3n) is 8.13. The Morgan fingerprint density at radius 2 is 1.27 bits per heavy atom. The van der Waals surface area contributed by atoms with Gasteiger partial charge in [0.05, 0.1) is 16.8 Å². The average molecular weight is 529 g/mol. The largest absolute Gasteiger partial charge is 0.507 e. The van der Waals surface area contributed by atoms with E-state index in [-0.39, 0.29) is 5.75 Å². The van der Waals surface area contributed by atoms with Gasteiger partial charge in [-0.15, -0.1) is 10.2 Å². The zero-order valence-electron chi connectivity index (χ0n) is 22.0. The van der Waals surface area contributed by atoms with Crippen molar-refractivity contribution in [1.29, 1.82) is 0 Å². The second-order valence-electron chi connectivity index (χ2n) is 10.3. The third kappa shape index (κ3) is 3.39. The van der Waals surface area contributed by atoms with E-state index in [1.165, 1.54) is 22.3 Å². The molecule has 1 N–H and O–H groups in total. The molecule has 0 bridgehead atoms. The first kappa shape index (κ1) is 23.3. The van der Waals surface area contributed by atoms with Gasteiger partial charge in [-0.25, -0.2) is 0 Å². The van der Waals surface area contributed by atoms with Crippen molar-refractivity contribution in [3.8, 4) is 39.5 Å². The zero-order valence-corrected chi connectivity index (χ0v) is 22.0. The van der Waals surface area contributed by atoms with E-state index in [1.807, 2.05) is 59.1 Å². The van der Waals surface area contributed by atoms with Crippen LogP contribution < -0.4 is 0 Å². The van der Waals surface area contributed by atoms with Gasteiger partial charge in [-0.1, -0.05) is 91.0 Å². The van der Waals surface area contributed by atoms with Gasteiger partial charge in [0.25, 0.3) is 0 Å². The van der Waals surface area contributed by atoms with Crippen LogP contribution in [0, 0.1) is 0 Å². The fourth-order valence-corrected chi connectivity index (χ4v) is 6.38. The molecule has 5 nitrogen and oxygen atoms in total. The summed E-state index contributed by atoms with van der Waals surface area (Å²) in [5.74, 6) is 0.993. The van der Waals surface area contributed by atoms with Crippen LogP contribution in [0.4, 0.5) is 0 Å². The second-order valence-corrected chi connectivity index (χ2v) is 10.3. The molecule has 0 radical (unpaired) electrons. The van der Waals surface area contributed by atoms with Gasteiger partial charge in [-0.3, -0.25) is 9.38 Å². The molecule has 4 aromatic carbocycles. The fraction of sp³-hybridized carbons (Fsp3) is 0.0278. The fourth-order valence-electron chi connectivity index (χ4n) is 6.38. The molecule has 0 unspecified atom stereocenters. The van der Waals surface area contributed by atoms with Crippen LogP contribution >= 0.6 is 0 Å². The van der Waals surface area contributed by atoms with Crippen molar-refractivity contribution in [2.24, 2.45) is 0 Å². The lowest BCUT2D eigenvalue weighted by atomic mass is 9.69. The van der Waals surface area contributed by atoms with Gasteiger partial charge in [0.1, 0.15) is 5.75 Å². The smallest absolute Gasteiger partial charge is 0.168 e. The van der Waals surface area contributed by atoms with E-state index in [2.05, 4.69) is 89.1 Å². The van der Waals surface area contributed by atoms with E-state index in [0.29, 0.717) is 5.56 Å². The maximum absolute atomic E-state index is 10.7. The molecule has 0 fully saturated rings. The number of rotatable bonds is 4. The van der Waals surface area contributed by atoms with Crippen molar-refractivity contribution in [3.63, 3.8) is 0 Å². The van der Waals surface area contributed by atoms with Crippen LogP contribution in [0.3, 0.4) is 0 Å². The van der Waals surface area contributed by atoms with Gasteiger partial charge in [0.15, 0.2) is 11.5 Å². The molecular formula is C36H24N4O. The summed E-state index contributed by atoms with van der Waals surface area (Å²) >= 11 is 0. The Morgan fingerprint density at radius 3 is 2.05 bits per heavy atom. The molecule has 3 aromatic heterocycles. The first-order chi connectivity index (χ1) is 20.2. The maximum Gasteiger partial charge on any atom is 0.168 e. The monoisotopic (exact) mass is 528 g/mol. The molecule has 41 heavy (non-hydrogen) atoms. The topological polar surface area (TPSA) is 63.3 Å². The quantitative estimate of drug-likeness (QED) is 0.257. The number of fused-ring (bicyclic) bond motifs is 4. The minimum atomic E-state index is -0.690. The number of hydrogen-bond acceptors (Lipinski definition) is 4. The highest BCUT2D eigenvalue weighted by Gasteiger charge is 2.47. The summed E-state index contributed by atoms with van der Waals surface area (Å²) in [5, 5.41) is 19.6. The van der Waals surface area contributed by atoms with Crippen molar-refractivity contribution in [1.82, 2.24) is 19.6 Å². The molecule has 0 saturated heterocycles. The molecular weight excluding hydrogens is 504 g/mol. The predicted molar refractivity (Wildman–Crippen MR) is 161 cm³/mol. The van der Waals surface area contributed by atoms with Gasteiger partial charge in [0.2, 0.25) is 0 Å². The Kier molecular flexibility index (Phi) is 5.12. The van der Waals surface area contributed by atoms with Crippen molar-refractivity contribution >= 4 is 5.65 Å². The second kappa shape index (κ2) is 9.00. The number of benzene rings is 4. The van der Waals surface area contributed by atoms with Gasteiger partial charge in [0, 0.05) is 17.3 Å². The van der Waals surface area contributed by atoms with Crippen LogP contribution in [0.1, 0.15) is 22.4 Å². The van der Waals surface area contributed by atoms with E-state index < -0.39 is 5.41 Å². The Labute approximate surface area is 237 Å². The van der Waals surface area contributed by atoms with Gasteiger partial charge in [-0.05, 0) is 70.3 Å². The summed E-state index contributed by atoms with van der Waals surface area (Å²) < 4.78 is 2.01. The van der Waals surface area contributed by atoms with E-state index in [4.69, 9.17) is 4.98 Å². The SMILES string of the molecule is Oc1ccccc1-c1cccc(C2(c3cccc(-c4nnc5ccccn45)c3)c3ccccc3-c3ccccc32)n1. The first-order valence-corrected chi connectivity index (χ1v) is 13.6. The standard InChI is InChI=1S/C36H24N4O/c41-32-19-6-3-15-28(32)31-18-10-20-33(37-31)36(29-16-4-1-13-26(29)27-14-2-5-17-30(27)36)25-12-9-11-24(23-25)35-39-38-34-21-7-8-22-40(34)35/h1-23,41H. The molecule has 0 spiro atoms.